The van der Waals surface area contributed by atoms with Gasteiger partial charge in [0, 0.05) is 19.3 Å². The molecule has 1 aromatic carbocycles. The Labute approximate surface area is 140 Å². The van der Waals surface area contributed by atoms with E-state index in [1.807, 2.05) is 0 Å². The Hall–Kier alpha value is -2.09. The van der Waals surface area contributed by atoms with Crippen molar-refractivity contribution in [2.45, 2.75) is 40.5 Å². The standard InChI is InChI=1S/C21H28N2/c1-6-17(7-2)18-9-11-19(12-10-18)22-21-14-13-20(15-16(21)4)23(5)8-3/h9-15H,6-8H2,1-5H3. The molecule has 0 spiro atoms. The Balaban J connectivity index is 2.23. The molecule has 0 unspecified atom stereocenters. The highest BCUT2D eigenvalue weighted by Crippen LogP contribution is 2.25. The van der Waals surface area contributed by atoms with E-state index in [0.717, 1.165) is 30.8 Å². The molecule has 0 fully saturated rings. The Morgan fingerprint density at radius 1 is 1.00 bits per heavy atom. The first kappa shape index (κ1) is 17.3. The molecule has 0 N–H and O–H groups in total. The lowest BCUT2D eigenvalue weighted by Gasteiger charge is -2.17. The van der Waals surface area contributed by atoms with Gasteiger partial charge in [-0.1, -0.05) is 31.6 Å². The van der Waals surface area contributed by atoms with Gasteiger partial charge < -0.3 is 4.90 Å². The van der Waals surface area contributed by atoms with E-state index in [-0.39, 0.29) is 0 Å². The zero-order chi connectivity index (χ0) is 16.8. The molecule has 1 aliphatic carbocycles. The number of aliphatic imine (C=N–C) groups is 1. The number of aryl methyl sites for hydroxylation is 1. The van der Waals surface area contributed by atoms with Gasteiger partial charge in [-0.25, -0.2) is 4.99 Å². The summed E-state index contributed by atoms with van der Waals surface area (Å²) in [6.45, 7) is 9.73. The predicted octanol–water partition coefficient (Wildman–Crippen LogP) is 5.77. The van der Waals surface area contributed by atoms with E-state index in [4.69, 9.17) is 4.99 Å². The summed E-state index contributed by atoms with van der Waals surface area (Å²) in [5.74, 6) is 0. The topological polar surface area (TPSA) is 15.6 Å². The van der Waals surface area contributed by atoms with E-state index in [9.17, 15) is 0 Å². The Bertz CT molecular complexity index is 651. The maximum atomic E-state index is 4.79. The molecule has 0 aromatic heterocycles. The average Bonchev–Trinajstić information content (AvgIpc) is 2.58. The lowest BCUT2D eigenvalue weighted by atomic mass is 9.99. The summed E-state index contributed by atoms with van der Waals surface area (Å²) in [5.41, 5.74) is 7.34. The van der Waals surface area contributed by atoms with Gasteiger partial charge in [0.25, 0.3) is 0 Å². The first-order valence-corrected chi connectivity index (χ1v) is 8.57. The molecule has 0 heterocycles. The maximum Gasteiger partial charge on any atom is 0.0667 e. The van der Waals surface area contributed by atoms with Crippen molar-refractivity contribution in [3.05, 3.63) is 59.2 Å². The molecule has 0 bridgehead atoms. The Kier molecular flexibility index (Phi) is 5.97. The van der Waals surface area contributed by atoms with Crippen LogP contribution in [0, 0.1) is 6.92 Å². The predicted molar refractivity (Wildman–Crippen MR) is 103 cm³/mol. The summed E-state index contributed by atoms with van der Waals surface area (Å²) in [7, 11) is 2.11. The van der Waals surface area contributed by atoms with E-state index in [0.29, 0.717) is 0 Å². The molecule has 2 rings (SSSR count). The molecule has 2 heteroatoms. The van der Waals surface area contributed by atoms with Crippen LogP contribution >= 0.6 is 0 Å². The van der Waals surface area contributed by atoms with E-state index in [1.165, 1.54) is 22.4 Å². The monoisotopic (exact) mass is 308 g/mol. The van der Waals surface area contributed by atoms with Crippen LogP contribution in [-0.4, -0.2) is 19.3 Å². The number of benzene rings is 1. The third-order valence-corrected chi connectivity index (χ3v) is 4.47. The zero-order valence-electron chi connectivity index (χ0n) is 15.1. The lowest BCUT2D eigenvalue weighted by molar-refractivity contribution is 0.965. The third-order valence-electron chi connectivity index (χ3n) is 4.47. The van der Waals surface area contributed by atoms with Gasteiger partial charge >= 0.3 is 0 Å². The maximum absolute atomic E-state index is 4.79. The van der Waals surface area contributed by atoms with Crippen molar-refractivity contribution in [1.82, 2.24) is 0 Å². The van der Waals surface area contributed by atoms with E-state index in [1.54, 1.807) is 0 Å². The Morgan fingerprint density at radius 2 is 1.65 bits per heavy atom. The fourth-order valence-corrected chi connectivity index (χ4v) is 2.75. The minimum Gasteiger partial charge on any atom is -0.375 e. The Morgan fingerprint density at radius 3 is 2.17 bits per heavy atom. The SMILES string of the molecule is CCC(CC)=C1C=CC(=Nc2ccc(N(C)CC)cc2C)C=C1. The molecule has 23 heavy (non-hydrogen) atoms. The van der Waals surface area contributed by atoms with Crippen molar-refractivity contribution in [3.8, 4) is 0 Å². The molecule has 0 atom stereocenters. The molecule has 0 amide bonds. The summed E-state index contributed by atoms with van der Waals surface area (Å²) in [4.78, 5) is 7.03. The zero-order valence-corrected chi connectivity index (χ0v) is 15.1. The number of anilines is 1. The van der Waals surface area contributed by atoms with Crippen molar-refractivity contribution in [1.29, 1.82) is 0 Å². The second kappa shape index (κ2) is 7.96. The van der Waals surface area contributed by atoms with Gasteiger partial charge in [-0.2, -0.15) is 0 Å². The van der Waals surface area contributed by atoms with Gasteiger partial charge in [0.15, 0.2) is 0 Å². The molecule has 0 saturated heterocycles. The quantitative estimate of drug-likeness (QED) is 0.674. The van der Waals surface area contributed by atoms with Crippen LogP contribution in [0.1, 0.15) is 39.2 Å². The van der Waals surface area contributed by atoms with Crippen LogP contribution in [0.2, 0.25) is 0 Å². The fraction of sp³-hybridized carbons (Fsp3) is 0.381. The normalized spacial score (nSPS) is 13.4. The average molecular weight is 308 g/mol. The highest BCUT2D eigenvalue weighted by Gasteiger charge is 2.05. The smallest absolute Gasteiger partial charge is 0.0667 e. The van der Waals surface area contributed by atoms with Gasteiger partial charge in [0.2, 0.25) is 0 Å². The highest BCUT2D eigenvalue weighted by molar-refractivity contribution is 6.07. The summed E-state index contributed by atoms with van der Waals surface area (Å²) >= 11 is 0. The van der Waals surface area contributed by atoms with E-state index < -0.39 is 0 Å². The molecular weight excluding hydrogens is 280 g/mol. The summed E-state index contributed by atoms with van der Waals surface area (Å²) in [6, 6.07) is 6.46. The van der Waals surface area contributed by atoms with Crippen molar-refractivity contribution in [3.63, 3.8) is 0 Å². The third kappa shape index (κ3) is 4.22. The summed E-state index contributed by atoms with van der Waals surface area (Å²) in [5, 5.41) is 0. The first-order valence-electron chi connectivity index (χ1n) is 8.57. The van der Waals surface area contributed by atoms with Crippen LogP contribution in [0.5, 0.6) is 0 Å². The first-order chi connectivity index (χ1) is 11.1. The molecule has 1 aromatic rings. The second-order valence-corrected chi connectivity index (χ2v) is 5.95. The van der Waals surface area contributed by atoms with E-state index in [2.05, 4.69) is 82.1 Å². The second-order valence-electron chi connectivity index (χ2n) is 5.95. The number of allylic oxidation sites excluding steroid dienone is 6. The van der Waals surface area contributed by atoms with E-state index >= 15 is 0 Å². The van der Waals surface area contributed by atoms with Crippen LogP contribution in [0.3, 0.4) is 0 Å². The van der Waals surface area contributed by atoms with Crippen LogP contribution in [0.4, 0.5) is 11.4 Å². The van der Waals surface area contributed by atoms with Crippen molar-refractivity contribution >= 4 is 17.1 Å². The van der Waals surface area contributed by atoms with Crippen molar-refractivity contribution in [2.75, 3.05) is 18.5 Å². The minimum atomic E-state index is 1.01. The molecular formula is C21H28N2. The number of hydrogen-bond donors (Lipinski definition) is 0. The summed E-state index contributed by atoms with van der Waals surface area (Å²) in [6.07, 6.45) is 10.8. The molecule has 1 aliphatic rings. The van der Waals surface area contributed by atoms with Crippen LogP contribution < -0.4 is 4.90 Å². The van der Waals surface area contributed by atoms with Gasteiger partial charge in [-0.05, 0) is 68.2 Å². The largest absolute Gasteiger partial charge is 0.375 e. The molecule has 0 aliphatic heterocycles. The fourth-order valence-electron chi connectivity index (χ4n) is 2.75. The number of nitrogens with zero attached hydrogens (tertiary/aromatic N) is 2. The van der Waals surface area contributed by atoms with Crippen LogP contribution in [0.25, 0.3) is 0 Å². The van der Waals surface area contributed by atoms with Gasteiger partial charge in [-0.3, -0.25) is 0 Å². The van der Waals surface area contributed by atoms with Crippen LogP contribution in [-0.2, 0) is 0 Å². The molecule has 2 nitrogen and oxygen atoms in total. The van der Waals surface area contributed by atoms with Crippen LogP contribution in [0.15, 0.2) is 58.6 Å². The number of rotatable bonds is 5. The molecule has 0 radical (unpaired) electrons. The van der Waals surface area contributed by atoms with Gasteiger partial charge in [0.05, 0.1) is 11.4 Å². The van der Waals surface area contributed by atoms with Crippen molar-refractivity contribution in [2.24, 2.45) is 4.99 Å². The minimum absolute atomic E-state index is 1.01. The van der Waals surface area contributed by atoms with Crippen molar-refractivity contribution < 1.29 is 0 Å². The van der Waals surface area contributed by atoms with Gasteiger partial charge in [0.1, 0.15) is 0 Å². The van der Waals surface area contributed by atoms with Gasteiger partial charge in [-0.15, -0.1) is 0 Å². The molecule has 0 saturated carbocycles. The number of hydrogen-bond acceptors (Lipinski definition) is 2. The lowest BCUT2D eigenvalue weighted by Crippen LogP contribution is -2.15. The summed E-state index contributed by atoms with van der Waals surface area (Å²) < 4.78 is 0. The molecule has 122 valence electrons. The highest BCUT2D eigenvalue weighted by atomic mass is 15.1.